The maximum atomic E-state index is 12.0. The third kappa shape index (κ3) is 4.53. The molecule has 1 amide bonds. The van der Waals surface area contributed by atoms with Crippen LogP contribution in [0.1, 0.15) is 18.4 Å². The van der Waals surface area contributed by atoms with Gasteiger partial charge in [0.15, 0.2) is 0 Å². The molecule has 110 valence electrons. The average molecular weight is 276 g/mol. The minimum Gasteiger partial charge on any atom is -0.445 e. The minimum atomic E-state index is -0.183. The van der Waals surface area contributed by atoms with Gasteiger partial charge in [-0.15, -0.1) is 0 Å². The van der Waals surface area contributed by atoms with Gasteiger partial charge in [-0.1, -0.05) is 30.3 Å². The van der Waals surface area contributed by atoms with Crippen LogP contribution in [0, 0.1) is 5.92 Å². The number of amides is 1. The van der Waals surface area contributed by atoms with E-state index >= 15 is 0 Å². The number of hydrogen-bond acceptors (Lipinski definition) is 3. The highest BCUT2D eigenvalue weighted by Gasteiger charge is 2.23. The van der Waals surface area contributed by atoms with Crippen molar-refractivity contribution < 1.29 is 9.53 Å². The molecule has 1 aromatic carbocycles. The summed E-state index contributed by atoms with van der Waals surface area (Å²) in [6, 6.07) is 9.81. The van der Waals surface area contributed by atoms with Gasteiger partial charge < -0.3 is 14.5 Å². The predicted molar refractivity (Wildman–Crippen MR) is 79.5 cm³/mol. The first-order valence-corrected chi connectivity index (χ1v) is 7.25. The Bertz CT molecular complexity index is 412. The Morgan fingerprint density at radius 1 is 1.25 bits per heavy atom. The van der Waals surface area contributed by atoms with Crippen LogP contribution in [0.2, 0.25) is 0 Å². The van der Waals surface area contributed by atoms with E-state index < -0.39 is 0 Å². The Balaban J connectivity index is 1.72. The summed E-state index contributed by atoms with van der Waals surface area (Å²) in [5.41, 5.74) is 1.03. The standard InChI is InChI=1S/C16H24N2O2/c1-17(2)12-14-8-10-18(11-9-14)16(19)20-13-15-6-4-3-5-7-15/h3-7,14H,8-13H2,1-2H3. The van der Waals surface area contributed by atoms with Gasteiger partial charge in [-0.2, -0.15) is 0 Å². The summed E-state index contributed by atoms with van der Waals surface area (Å²) in [6.07, 6.45) is 1.95. The summed E-state index contributed by atoms with van der Waals surface area (Å²) in [5.74, 6) is 0.697. The number of carbonyl (C=O) groups is 1. The molecule has 4 heteroatoms. The lowest BCUT2D eigenvalue weighted by Crippen LogP contribution is -2.40. The van der Waals surface area contributed by atoms with Crippen molar-refractivity contribution in [3.63, 3.8) is 0 Å². The van der Waals surface area contributed by atoms with E-state index in [4.69, 9.17) is 4.74 Å². The van der Waals surface area contributed by atoms with E-state index in [1.807, 2.05) is 35.2 Å². The van der Waals surface area contributed by atoms with Gasteiger partial charge in [0.2, 0.25) is 0 Å². The van der Waals surface area contributed by atoms with E-state index in [9.17, 15) is 4.79 Å². The molecular weight excluding hydrogens is 252 g/mol. The van der Waals surface area contributed by atoms with Crippen LogP contribution < -0.4 is 0 Å². The highest BCUT2D eigenvalue weighted by Crippen LogP contribution is 2.18. The summed E-state index contributed by atoms with van der Waals surface area (Å²) in [7, 11) is 4.20. The van der Waals surface area contributed by atoms with Gasteiger partial charge in [-0.25, -0.2) is 4.79 Å². The zero-order valence-corrected chi connectivity index (χ0v) is 12.4. The Morgan fingerprint density at radius 2 is 1.90 bits per heavy atom. The normalized spacial score (nSPS) is 16.4. The van der Waals surface area contributed by atoms with Gasteiger partial charge >= 0.3 is 6.09 Å². The molecule has 0 aliphatic carbocycles. The molecule has 0 saturated carbocycles. The van der Waals surface area contributed by atoms with Crippen LogP contribution in [0.5, 0.6) is 0 Å². The molecule has 0 aromatic heterocycles. The first kappa shape index (κ1) is 14.9. The van der Waals surface area contributed by atoms with E-state index in [2.05, 4.69) is 19.0 Å². The Kier molecular flexibility index (Phi) is 5.41. The van der Waals surface area contributed by atoms with Crippen molar-refractivity contribution in [3.05, 3.63) is 35.9 Å². The molecule has 1 aliphatic heterocycles. The molecule has 1 fully saturated rings. The van der Waals surface area contributed by atoms with E-state index in [1.165, 1.54) is 0 Å². The molecule has 1 aliphatic rings. The molecule has 0 bridgehead atoms. The van der Waals surface area contributed by atoms with Gasteiger partial charge in [0.05, 0.1) is 0 Å². The van der Waals surface area contributed by atoms with Crippen LogP contribution in [0.25, 0.3) is 0 Å². The summed E-state index contributed by atoms with van der Waals surface area (Å²) in [5, 5.41) is 0. The van der Waals surface area contributed by atoms with Crippen LogP contribution in [0.4, 0.5) is 4.79 Å². The molecular formula is C16H24N2O2. The highest BCUT2D eigenvalue weighted by molar-refractivity contribution is 5.67. The summed E-state index contributed by atoms with van der Waals surface area (Å²) in [6.45, 7) is 3.09. The number of ether oxygens (including phenoxy) is 1. The van der Waals surface area contributed by atoms with Gasteiger partial charge in [0, 0.05) is 19.6 Å². The zero-order valence-electron chi connectivity index (χ0n) is 12.4. The average Bonchev–Trinajstić information content (AvgIpc) is 2.46. The number of nitrogens with zero attached hydrogens (tertiary/aromatic N) is 2. The Labute approximate surface area is 121 Å². The van der Waals surface area contributed by atoms with Crippen molar-refractivity contribution in [1.29, 1.82) is 0 Å². The number of benzene rings is 1. The molecule has 1 heterocycles. The molecule has 0 unspecified atom stereocenters. The topological polar surface area (TPSA) is 32.8 Å². The van der Waals surface area contributed by atoms with E-state index in [0.717, 1.165) is 38.0 Å². The van der Waals surface area contributed by atoms with Crippen molar-refractivity contribution >= 4 is 6.09 Å². The fourth-order valence-electron chi connectivity index (χ4n) is 2.63. The van der Waals surface area contributed by atoms with Crippen molar-refractivity contribution in [3.8, 4) is 0 Å². The van der Waals surface area contributed by atoms with Crippen LogP contribution in [-0.2, 0) is 11.3 Å². The molecule has 2 rings (SSSR count). The number of rotatable bonds is 4. The third-order valence-electron chi connectivity index (χ3n) is 3.70. The highest BCUT2D eigenvalue weighted by atomic mass is 16.6. The minimum absolute atomic E-state index is 0.183. The quantitative estimate of drug-likeness (QED) is 0.847. The molecule has 20 heavy (non-hydrogen) atoms. The molecule has 0 atom stereocenters. The summed E-state index contributed by atoms with van der Waals surface area (Å²) >= 11 is 0. The molecule has 1 saturated heterocycles. The second-order valence-corrected chi connectivity index (χ2v) is 5.73. The molecule has 0 radical (unpaired) electrons. The number of hydrogen-bond donors (Lipinski definition) is 0. The van der Waals surface area contributed by atoms with Crippen molar-refractivity contribution in [2.75, 3.05) is 33.7 Å². The lowest BCUT2D eigenvalue weighted by molar-refractivity contribution is 0.0796. The van der Waals surface area contributed by atoms with Crippen LogP contribution in [0.3, 0.4) is 0 Å². The maximum Gasteiger partial charge on any atom is 0.410 e. The summed E-state index contributed by atoms with van der Waals surface area (Å²) < 4.78 is 5.36. The van der Waals surface area contributed by atoms with E-state index in [-0.39, 0.29) is 6.09 Å². The molecule has 1 aromatic rings. The fourth-order valence-corrected chi connectivity index (χ4v) is 2.63. The molecule has 0 N–H and O–H groups in total. The summed E-state index contributed by atoms with van der Waals surface area (Å²) in [4.78, 5) is 16.0. The van der Waals surface area contributed by atoms with Gasteiger partial charge in [-0.3, -0.25) is 0 Å². The van der Waals surface area contributed by atoms with Crippen LogP contribution in [0.15, 0.2) is 30.3 Å². The first-order chi connectivity index (χ1) is 9.65. The maximum absolute atomic E-state index is 12.0. The SMILES string of the molecule is CN(C)CC1CCN(C(=O)OCc2ccccc2)CC1. The van der Waals surface area contributed by atoms with Gasteiger partial charge in [0.1, 0.15) is 6.61 Å². The number of carbonyl (C=O) groups excluding carboxylic acids is 1. The van der Waals surface area contributed by atoms with E-state index in [0.29, 0.717) is 12.5 Å². The first-order valence-electron chi connectivity index (χ1n) is 7.25. The van der Waals surface area contributed by atoms with Crippen LogP contribution >= 0.6 is 0 Å². The Hall–Kier alpha value is -1.55. The largest absolute Gasteiger partial charge is 0.445 e. The second-order valence-electron chi connectivity index (χ2n) is 5.73. The van der Waals surface area contributed by atoms with Crippen molar-refractivity contribution in [2.45, 2.75) is 19.4 Å². The fraction of sp³-hybridized carbons (Fsp3) is 0.562. The number of piperidine rings is 1. The lowest BCUT2D eigenvalue weighted by atomic mass is 9.97. The van der Waals surface area contributed by atoms with Gasteiger partial charge in [-0.05, 0) is 38.4 Å². The molecule has 0 spiro atoms. The van der Waals surface area contributed by atoms with Crippen molar-refractivity contribution in [2.24, 2.45) is 5.92 Å². The van der Waals surface area contributed by atoms with Crippen molar-refractivity contribution in [1.82, 2.24) is 9.80 Å². The Morgan fingerprint density at radius 3 is 2.50 bits per heavy atom. The molecule has 4 nitrogen and oxygen atoms in total. The van der Waals surface area contributed by atoms with Crippen LogP contribution in [-0.4, -0.2) is 49.6 Å². The predicted octanol–water partition coefficient (Wildman–Crippen LogP) is 2.60. The van der Waals surface area contributed by atoms with E-state index in [1.54, 1.807) is 0 Å². The zero-order chi connectivity index (χ0) is 14.4. The lowest BCUT2D eigenvalue weighted by Gasteiger charge is -2.32. The smallest absolute Gasteiger partial charge is 0.410 e. The van der Waals surface area contributed by atoms with Gasteiger partial charge in [0.25, 0.3) is 0 Å². The monoisotopic (exact) mass is 276 g/mol. The second kappa shape index (κ2) is 7.29. The third-order valence-corrected chi connectivity index (χ3v) is 3.70. The number of likely N-dealkylation sites (tertiary alicyclic amines) is 1.